The third kappa shape index (κ3) is 3.73. The number of amidine groups is 1. The Morgan fingerprint density at radius 1 is 0.862 bits per heavy atom. The number of aromatic nitrogens is 1. The molecule has 1 aliphatic heterocycles. The fraction of sp³-hybridized carbons (Fsp3) is 0. The lowest BCUT2D eigenvalue weighted by Gasteiger charge is -2.02. The van der Waals surface area contributed by atoms with Crippen LogP contribution in [0.1, 0.15) is 5.56 Å². The molecule has 0 spiro atoms. The van der Waals surface area contributed by atoms with Crippen LogP contribution in [-0.2, 0) is 4.79 Å². The topological polar surface area (TPSA) is 57.2 Å². The highest BCUT2D eigenvalue weighted by molar-refractivity contribution is 8.18. The van der Waals surface area contributed by atoms with E-state index in [2.05, 4.69) is 39.6 Å². The maximum atomic E-state index is 12.4. The first kappa shape index (κ1) is 17.5. The molecule has 1 aliphatic rings. The monoisotopic (exact) mass is 395 g/mol. The largest absolute Gasteiger partial charge is 0.361 e. The van der Waals surface area contributed by atoms with Crippen molar-refractivity contribution in [2.45, 2.75) is 0 Å². The first-order valence-corrected chi connectivity index (χ1v) is 10.1. The number of amides is 1. The SMILES string of the molecule is O=C1NC(=Nc2ccc3[nH]ccc3c2)SC1=Cc1ccc(-c2ccccc2)cc1. The second kappa shape index (κ2) is 7.45. The van der Waals surface area contributed by atoms with Gasteiger partial charge in [-0.05, 0) is 58.8 Å². The Balaban J connectivity index is 1.36. The molecule has 4 aromatic rings. The van der Waals surface area contributed by atoms with E-state index in [0.29, 0.717) is 10.1 Å². The standard InChI is InChI=1S/C24H17N3OS/c28-23-22(14-16-6-8-18(9-7-16)17-4-2-1-3-5-17)29-24(27-23)26-20-10-11-21-19(15-20)12-13-25-21/h1-15,25H,(H,26,27,28). The van der Waals surface area contributed by atoms with Gasteiger partial charge in [0.1, 0.15) is 0 Å². The molecular weight excluding hydrogens is 378 g/mol. The average molecular weight is 395 g/mol. The molecule has 0 radical (unpaired) electrons. The van der Waals surface area contributed by atoms with Crippen LogP contribution in [0.4, 0.5) is 5.69 Å². The summed E-state index contributed by atoms with van der Waals surface area (Å²) in [6, 6.07) is 26.3. The molecule has 1 aromatic heterocycles. The van der Waals surface area contributed by atoms with Crippen molar-refractivity contribution in [2.24, 2.45) is 4.99 Å². The average Bonchev–Trinajstić information content (AvgIpc) is 3.35. The number of aromatic amines is 1. The molecule has 5 heteroatoms. The first-order valence-electron chi connectivity index (χ1n) is 9.27. The molecule has 0 bridgehead atoms. The van der Waals surface area contributed by atoms with E-state index in [9.17, 15) is 4.79 Å². The molecule has 0 unspecified atom stereocenters. The molecule has 5 rings (SSSR count). The van der Waals surface area contributed by atoms with Gasteiger partial charge in [0.2, 0.25) is 0 Å². The summed E-state index contributed by atoms with van der Waals surface area (Å²) >= 11 is 1.36. The van der Waals surface area contributed by atoms with E-state index >= 15 is 0 Å². The van der Waals surface area contributed by atoms with Crippen LogP contribution < -0.4 is 5.32 Å². The zero-order chi connectivity index (χ0) is 19.6. The Kier molecular flexibility index (Phi) is 4.50. The molecule has 1 saturated heterocycles. The van der Waals surface area contributed by atoms with Crippen molar-refractivity contribution in [3.63, 3.8) is 0 Å². The second-order valence-electron chi connectivity index (χ2n) is 6.72. The van der Waals surface area contributed by atoms with E-state index in [0.717, 1.165) is 27.7 Å². The highest BCUT2D eigenvalue weighted by atomic mass is 32.2. The van der Waals surface area contributed by atoms with E-state index in [1.54, 1.807) is 0 Å². The molecule has 29 heavy (non-hydrogen) atoms. The number of H-pyrrole nitrogens is 1. The number of fused-ring (bicyclic) bond motifs is 1. The molecule has 4 nitrogen and oxygen atoms in total. The molecule has 140 valence electrons. The van der Waals surface area contributed by atoms with Gasteiger partial charge in [0, 0.05) is 17.1 Å². The Morgan fingerprint density at radius 3 is 2.48 bits per heavy atom. The number of aliphatic imine (C=N–C) groups is 1. The van der Waals surface area contributed by atoms with Crippen LogP contribution >= 0.6 is 11.8 Å². The summed E-state index contributed by atoms with van der Waals surface area (Å²) in [6.07, 6.45) is 3.80. The number of hydrogen-bond donors (Lipinski definition) is 2. The molecule has 1 amide bonds. The van der Waals surface area contributed by atoms with E-state index < -0.39 is 0 Å². The number of nitrogens with one attached hydrogen (secondary N) is 2. The van der Waals surface area contributed by atoms with Crippen molar-refractivity contribution in [3.05, 3.63) is 95.5 Å². The molecule has 2 N–H and O–H groups in total. The van der Waals surface area contributed by atoms with Gasteiger partial charge in [-0.3, -0.25) is 4.79 Å². The van der Waals surface area contributed by atoms with Gasteiger partial charge in [0.05, 0.1) is 10.6 Å². The lowest BCUT2D eigenvalue weighted by molar-refractivity contribution is -0.115. The van der Waals surface area contributed by atoms with Crippen LogP contribution in [0.2, 0.25) is 0 Å². The molecule has 0 aliphatic carbocycles. The predicted octanol–water partition coefficient (Wildman–Crippen LogP) is 5.73. The minimum absolute atomic E-state index is 0.122. The van der Waals surface area contributed by atoms with Crippen molar-refractivity contribution in [2.75, 3.05) is 0 Å². The van der Waals surface area contributed by atoms with E-state index in [4.69, 9.17) is 0 Å². The van der Waals surface area contributed by atoms with Crippen LogP contribution in [-0.4, -0.2) is 16.1 Å². The Labute approximate surface area is 172 Å². The molecule has 0 atom stereocenters. The molecule has 1 fully saturated rings. The summed E-state index contributed by atoms with van der Waals surface area (Å²) in [4.78, 5) is 20.7. The number of carbonyl (C=O) groups excluding carboxylic acids is 1. The zero-order valence-corrected chi connectivity index (χ0v) is 16.2. The van der Waals surface area contributed by atoms with Gasteiger partial charge in [0.15, 0.2) is 5.17 Å². The van der Waals surface area contributed by atoms with Gasteiger partial charge in [-0.15, -0.1) is 0 Å². The zero-order valence-electron chi connectivity index (χ0n) is 15.4. The van der Waals surface area contributed by atoms with Gasteiger partial charge in [-0.25, -0.2) is 4.99 Å². The van der Waals surface area contributed by atoms with Crippen LogP contribution in [0.25, 0.3) is 28.1 Å². The molecule has 3 aromatic carbocycles. The summed E-state index contributed by atoms with van der Waals surface area (Å²) in [6.45, 7) is 0. The number of benzene rings is 3. The minimum Gasteiger partial charge on any atom is -0.361 e. The van der Waals surface area contributed by atoms with E-state index in [1.807, 2.05) is 66.9 Å². The molecule has 0 saturated carbocycles. The van der Waals surface area contributed by atoms with Crippen LogP contribution in [0.15, 0.2) is 95.0 Å². The Hall–Kier alpha value is -3.57. The second-order valence-corrected chi connectivity index (χ2v) is 7.75. The van der Waals surface area contributed by atoms with Crippen LogP contribution in [0.5, 0.6) is 0 Å². The molecular formula is C24H17N3OS. The highest BCUT2D eigenvalue weighted by Crippen LogP contribution is 2.29. The van der Waals surface area contributed by atoms with Gasteiger partial charge in [-0.1, -0.05) is 54.6 Å². The summed E-state index contributed by atoms with van der Waals surface area (Å²) in [5.41, 5.74) is 5.19. The maximum Gasteiger partial charge on any atom is 0.264 e. The quantitative estimate of drug-likeness (QED) is 0.436. The lowest BCUT2D eigenvalue weighted by atomic mass is 10.0. The van der Waals surface area contributed by atoms with Crippen LogP contribution in [0.3, 0.4) is 0 Å². The van der Waals surface area contributed by atoms with Crippen molar-refractivity contribution >= 4 is 45.5 Å². The Bertz CT molecular complexity index is 1250. The summed E-state index contributed by atoms with van der Waals surface area (Å²) in [5.74, 6) is -0.122. The normalized spacial score (nSPS) is 16.6. The van der Waals surface area contributed by atoms with Gasteiger partial charge >= 0.3 is 0 Å². The number of thioether (sulfide) groups is 1. The minimum atomic E-state index is -0.122. The third-order valence-electron chi connectivity index (χ3n) is 4.73. The summed E-state index contributed by atoms with van der Waals surface area (Å²) < 4.78 is 0. The maximum absolute atomic E-state index is 12.4. The Morgan fingerprint density at radius 2 is 1.66 bits per heavy atom. The number of hydrogen-bond acceptors (Lipinski definition) is 3. The summed E-state index contributed by atoms with van der Waals surface area (Å²) in [5, 5.41) is 4.54. The molecule has 2 heterocycles. The predicted molar refractivity (Wildman–Crippen MR) is 121 cm³/mol. The van der Waals surface area contributed by atoms with Crippen molar-refractivity contribution in [1.29, 1.82) is 0 Å². The summed E-state index contributed by atoms with van der Waals surface area (Å²) in [7, 11) is 0. The highest BCUT2D eigenvalue weighted by Gasteiger charge is 2.23. The van der Waals surface area contributed by atoms with Crippen molar-refractivity contribution in [1.82, 2.24) is 10.3 Å². The number of carbonyl (C=O) groups is 1. The first-order chi connectivity index (χ1) is 14.2. The van der Waals surface area contributed by atoms with Gasteiger partial charge < -0.3 is 10.3 Å². The van der Waals surface area contributed by atoms with Gasteiger partial charge in [0.25, 0.3) is 5.91 Å². The van der Waals surface area contributed by atoms with Crippen molar-refractivity contribution in [3.8, 4) is 11.1 Å². The fourth-order valence-electron chi connectivity index (χ4n) is 3.26. The lowest BCUT2D eigenvalue weighted by Crippen LogP contribution is -2.19. The van der Waals surface area contributed by atoms with Crippen LogP contribution in [0, 0.1) is 0 Å². The van der Waals surface area contributed by atoms with E-state index in [-0.39, 0.29) is 5.91 Å². The smallest absolute Gasteiger partial charge is 0.264 e. The van der Waals surface area contributed by atoms with Gasteiger partial charge in [-0.2, -0.15) is 0 Å². The fourth-order valence-corrected chi connectivity index (χ4v) is 4.10. The van der Waals surface area contributed by atoms with Crippen molar-refractivity contribution < 1.29 is 4.79 Å². The number of nitrogens with zero attached hydrogens (tertiary/aromatic N) is 1. The third-order valence-corrected chi connectivity index (χ3v) is 5.64. The van der Waals surface area contributed by atoms with E-state index in [1.165, 1.54) is 17.3 Å². The number of rotatable bonds is 3.